The molecular weight excluding hydrogens is 421 g/mol. The number of rotatable bonds is 4. The Hall–Kier alpha value is -2.81. The Kier molecular flexibility index (Phi) is 5.55. The van der Waals surface area contributed by atoms with Crippen LogP contribution in [0, 0.1) is 5.92 Å². The summed E-state index contributed by atoms with van der Waals surface area (Å²) in [6.07, 6.45) is -1.93. The van der Waals surface area contributed by atoms with Gasteiger partial charge >= 0.3 is 6.18 Å². The SMILES string of the molecule is O=C(NCC1CCN(c2nc3cc(Cl)ccc3o2)CC1)c1ccc(C(F)(F)F)nc1. The van der Waals surface area contributed by atoms with E-state index in [1.807, 2.05) is 4.90 Å². The third kappa shape index (κ3) is 4.51. The first kappa shape index (κ1) is 20.5. The van der Waals surface area contributed by atoms with E-state index in [9.17, 15) is 18.0 Å². The van der Waals surface area contributed by atoms with Crippen LogP contribution in [0.3, 0.4) is 0 Å². The molecule has 158 valence electrons. The molecule has 30 heavy (non-hydrogen) atoms. The molecule has 2 aromatic heterocycles. The van der Waals surface area contributed by atoms with Gasteiger partial charge in [-0.25, -0.2) is 0 Å². The molecule has 1 aliphatic rings. The highest BCUT2D eigenvalue weighted by Crippen LogP contribution is 2.28. The highest BCUT2D eigenvalue weighted by molar-refractivity contribution is 6.31. The zero-order valence-electron chi connectivity index (χ0n) is 15.7. The molecule has 6 nitrogen and oxygen atoms in total. The minimum atomic E-state index is -4.52. The monoisotopic (exact) mass is 438 g/mol. The molecule has 1 fully saturated rings. The third-order valence-electron chi connectivity index (χ3n) is 5.09. The first-order chi connectivity index (χ1) is 14.3. The van der Waals surface area contributed by atoms with Crippen molar-refractivity contribution >= 4 is 34.6 Å². The highest BCUT2D eigenvalue weighted by atomic mass is 35.5. The fourth-order valence-corrected chi connectivity index (χ4v) is 3.55. The maximum absolute atomic E-state index is 12.6. The van der Waals surface area contributed by atoms with Crippen LogP contribution in [0.5, 0.6) is 0 Å². The molecule has 3 heterocycles. The van der Waals surface area contributed by atoms with E-state index in [1.165, 1.54) is 0 Å². The van der Waals surface area contributed by atoms with Crippen molar-refractivity contribution in [3.8, 4) is 0 Å². The van der Waals surface area contributed by atoms with Gasteiger partial charge in [0.15, 0.2) is 5.58 Å². The number of carbonyl (C=O) groups is 1. The van der Waals surface area contributed by atoms with Crippen LogP contribution in [0.25, 0.3) is 11.1 Å². The van der Waals surface area contributed by atoms with Crippen LogP contribution >= 0.6 is 11.6 Å². The summed E-state index contributed by atoms with van der Waals surface area (Å²) >= 11 is 5.98. The summed E-state index contributed by atoms with van der Waals surface area (Å²) in [4.78, 5) is 22.0. The molecule has 1 aromatic carbocycles. The first-order valence-corrected chi connectivity index (χ1v) is 9.80. The number of nitrogens with one attached hydrogen (secondary N) is 1. The van der Waals surface area contributed by atoms with E-state index < -0.39 is 17.8 Å². The zero-order valence-corrected chi connectivity index (χ0v) is 16.5. The summed E-state index contributed by atoms with van der Waals surface area (Å²) < 4.78 is 43.5. The quantitative estimate of drug-likeness (QED) is 0.647. The summed E-state index contributed by atoms with van der Waals surface area (Å²) in [6.45, 7) is 1.89. The molecule has 4 rings (SSSR count). The number of carbonyl (C=O) groups excluding carboxylic acids is 1. The second-order valence-electron chi connectivity index (χ2n) is 7.18. The van der Waals surface area contributed by atoms with Crippen molar-refractivity contribution < 1.29 is 22.4 Å². The summed E-state index contributed by atoms with van der Waals surface area (Å²) in [6, 6.07) is 7.77. The first-order valence-electron chi connectivity index (χ1n) is 9.42. The van der Waals surface area contributed by atoms with Gasteiger partial charge in [-0.3, -0.25) is 9.78 Å². The van der Waals surface area contributed by atoms with Crippen molar-refractivity contribution in [2.24, 2.45) is 5.92 Å². The van der Waals surface area contributed by atoms with Crippen LogP contribution in [-0.4, -0.2) is 35.5 Å². The molecule has 0 bridgehead atoms. The topological polar surface area (TPSA) is 71.3 Å². The average molecular weight is 439 g/mol. The lowest BCUT2D eigenvalue weighted by molar-refractivity contribution is -0.141. The average Bonchev–Trinajstić information content (AvgIpc) is 3.15. The molecule has 3 aromatic rings. The van der Waals surface area contributed by atoms with Crippen molar-refractivity contribution in [2.45, 2.75) is 19.0 Å². The fourth-order valence-electron chi connectivity index (χ4n) is 3.39. The second-order valence-corrected chi connectivity index (χ2v) is 7.62. The van der Waals surface area contributed by atoms with E-state index in [1.54, 1.807) is 18.2 Å². The van der Waals surface area contributed by atoms with E-state index in [4.69, 9.17) is 16.0 Å². The minimum absolute atomic E-state index is 0.102. The van der Waals surface area contributed by atoms with E-state index in [0.29, 0.717) is 28.7 Å². The number of piperidine rings is 1. The van der Waals surface area contributed by atoms with E-state index in [-0.39, 0.29) is 11.5 Å². The molecule has 0 atom stereocenters. The molecule has 0 unspecified atom stereocenters. The molecule has 0 spiro atoms. The van der Waals surface area contributed by atoms with Gasteiger partial charge in [0.05, 0.1) is 5.56 Å². The molecule has 1 saturated heterocycles. The van der Waals surface area contributed by atoms with Crippen LogP contribution < -0.4 is 10.2 Å². The van der Waals surface area contributed by atoms with Crippen molar-refractivity contribution in [2.75, 3.05) is 24.5 Å². The fraction of sp³-hybridized carbons (Fsp3) is 0.350. The Balaban J connectivity index is 1.28. The number of pyridine rings is 1. The number of anilines is 1. The molecule has 0 saturated carbocycles. The maximum Gasteiger partial charge on any atom is 0.433 e. The number of alkyl halides is 3. The van der Waals surface area contributed by atoms with Crippen LogP contribution in [0.1, 0.15) is 28.9 Å². The smallest absolute Gasteiger partial charge is 0.423 e. The summed E-state index contributed by atoms with van der Waals surface area (Å²) in [5, 5.41) is 3.37. The normalized spacial score (nSPS) is 15.5. The van der Waals surface area contributed by atoms with Crippen molar-refractivity contribution in [1.29, 1.82) is 0 Å². The minimum Gasteiger partial charge on any atom is -0.423 e. The third-order valence-corrected chi connectivity index (χ3v) is 5.33. The number of amides is 1. The largest absolute Gasteiger partial charge is 0.433 e. The Labute approximate surface area is 175 Å². The molecule has 1 aliphatic heterocycles. The summed E-state index contributed by atoms with van der Waals surface area (Å²) in [5.41, 5.74) is 0.462. The Morgan fingerprint density at radius 2 is 2.00 bits per heavy atom. The summed E-state index contributed by atoms with van der Waals surface area (Å²) in [5.74, 6) is -0.180. The lowest BCUT2D eigenvalue weighted by atomic mass is 9.97. The van der Waals surface area contributed by atoms with E-state index in [2.05, 4.69) is 15.3 Å². The van der Waals surface area contributed by atoms with Gasteiger partial charge in [-0.05, 0) is 49.1 Å². The number of benzene rings is 1. The Bertz CT molecular complexity index is 1040. The van der Waals surface area contributed by atoms with Gasteiger partial charge in [0, 0.05) is 30.9 Å². The van der Waals surface area contributed by atoms with E-state index in [0.717, 1.165) is 44.3 Å². The van der Waals surface area contributed by atoms with Gasteiger partial charge in [0.25, 0.3) is 11.9 Å². The van der Waals surface area contributed by atoms with Crippen LogP contribution in [0.2, 0.25) is 5.02 Å². The van der Waals surface area contributed by atoms with Gasteiger partial charge in [0.1, 0.15) is 11.2 Å². The van der Waals surface area contributed by atoms with Crippen molar-refractivity contribution in [3.05, 3.63) is 52.8 Å². The highest BCUT2D eigenvalue weighted by Gasteiger charge is 2.32. The molecular formula is C20H18ClF3N4O2. The second kappa shape index (κ2) is 8.14. The number of aromatic nitrogens is 2. The van der Waals surface area contributed by atoms with Crippen LogP contribution in [0.15, 0.2) is 40.9 Å². The number of hydrogen-bond acceptors (Lipinski definition) is 5. The predicted octanol–water partition coefficient (Wildman–Crippen LogP) is 4.54. The van der Waals surface area contributed by atoms with Gasteiger partial charge in [-0.1, -0.05) is 11.6 Å². The lowest BCUT2D eigenvalue weighted by Gasteiger charge is -2.30. The van der Waals surface area contributed by atoms with Gasteiger partial charge in [-0.15, -0.1) is 0 Å². The maximum atomic E-state index is 12.6. The van der Waals surface area contributed by atoms with E-state index >= 15 is 0 Å². The number of oxazole rings is 1. The molecule has 10 heteroatoms. The zero-order chi connectivity index (χ0) is 21.3. The van der Waals surface area contributed by atoms with Crippen molar-refractivity contribution in [1.82, 2.24) is 15.3 Å². The molecule has 0 aliphatic carbocycles. The van der Waals surface area contributed by atoms with Crippen LogP contribution in [0.4, 0.5) is 19.2 Å². The lowest BCUT2D eigenvalue weighted by Crippen LogP contribution is -2.38. The number of halogens is 4. The van der Waals surface area contributed by atoms with Crippen LogP contribution in [-0.2, 0) is 6.18 Å². The van der Waals surface area contributed by atoms with Gasteiger partial charge in [0.2, 0.25) is 0 Å². The standard InChI is InChI=1S/C20H18ClF3N4O2/c21-14-2-3-16-15(9-14)27-19(30-16)28-7-5-12(6-8-28)10-26-18(29)13-1-4-17(25-11-13)20(22,23)24/h1-4,9,11-12H,5-8,10H2,(H,26,29). The number of hydrogen-bond donors (Lipinski definition) is 1. The van der Waals surface area contributed by atoms with Crippen molar-refractivity contribution in [3.63, 3.8) is 0 Å². The molecule has 1 amide bonds. The van der Waals surface area contributed by atoms with Gasteiger partial charge < -0.3 is 14.6 Å². The predicted molar refractivity (Wildman–Crippen MR) is 106 cm³/mol. The Morgan fingerprint density at radius 3 is 2.67 bits per heavy atom. The summed E-state index contributed by atoms with van der Waals surface area (Å²) in [7, 11) is 0. The molecule has 1 N–H and O–H groups in total. The van der Waals surface area contributed by atoms with Gasteiger partial charge in [-0.2, -0.15) is 18.2 Å². The molecule has 0 radical (unpaired) electrons. The number of fused-ring (bicyclic) bond motifs is 1. The number of nitrogens with zero attached hydrogens (tertiary/aromatic N) is 3. The Morgan fingerprint density at radius 1 is 1.23 bits per heavy atom.